The molecular weight excluding hydrogens is 297 g/mol. The van der Waals surface area contributed by atoms with Gasteiger partial charge >= 0.3 is 0 Å². The van der Waals surface area contributed by atoms with Crippen LogP contribution in [0.25, 0.3) is 0 Å². The molecular formula is C17H20FN3O2. The number of nitrogens with two attached hydrogens (primary N) is 1. The number of nitrogens with one attached hydrogen (secondary N) is 1. The molecule has 6 heteroatoms. The van der Waals surface area contributed by atoms with Crippen molar-refractivity contribution in [2.24, 2.45) is 10.7 Å². The second kappa shape index (κ2) is 7.49. The highest BCUT2D eigenvalue weighted by Crippen LogP contribution is 2.29. The largest absolute Gasteiger partial charge is 0.493 e. The van der Waals surface area contributed by atoms with E-state index in [1.165, 1.54) is 6.07 Å². The van der Waals surface area contributed by atoms with Crippen molar-refractivity contribution >= 4 is 11.6 Å². The molecule has 0 amide bonds. The van der Waals surface area contributed by atoms with Gasteiger partial charge in [0.25, 0.3) is 0 Å². The lowest BCUT2D eigenvalue weighted by atomic mass is 10.1. The molecule has 23 heavy (non-hydrogen) atoms. The topological polar surface area (TPSA) is 68.9 Å². The molecule has 122 valence electrons. The third kappa shape index (κ3) is 4.35. The average Bonchev–Trinajstić information content (AvgIpc) is 2.55. The van der Waals surface area contributed by atoms with Gasteiger partial charge in [0.2, 0.25) is 0 Å². The van der Waals surface area contributed by atoms with Gasteiger partial charge < -0.3 is 20.5 Å². The minimum Gasteiger partial charge on any atom is -0.493 e. The molecule has 2 aromatic rings. The fourth-order valence-corrected chi connectivity index (χ4v) is 2.01. The number of nitrogens with zero attached hydrogens (tertiary/aromatic N) is 1. The van der Waals surface area contributed by atoms with E-state index in [0.717, 1.165) is 11.3 Å². The van der Waals surface area contributed by atoms with Crippen LogP contribution in [-0.2, 0) is 6.54 Å². The average molecular weight is 317 g/mol. The van der Waals surface area contributed by atoms with E-state index >= 15 is 0 Å². The molecule has 0 saturated heterocycles. The molecule has 0 saturated carbocycles. The quantitative estimate of drug-likeness (QED) is 0.657. The first kappa shape index (κ1) is 16.6. The summed E-state index contributed by atoms with van der Waals surface area (Å²) in [4.78, 5) is 4.20. The summed E-state index contributed by atoms with van der Waals surface area (Å²) >= 11 is 0. The maximum Gasteiger partial charge on any atom is 0.193 e. The summed E-state index contributed by atoms with van der Waals surface area (Å²) in [6, 6.07) is 10.3. The maximum absolute atomic E-state index is 13.5. The Balaban J connectivity index is 2.05. The van der Waals surface area contributed by atoms with Crippen LogP contribution in [0.4, 0.5) is 10.1 Å². The zero-order valence-electron chi connectivity index (χ0n) is 13.4. The molecule has 0 aliphatic rings. The van der Waals surface area contributed by atoms with E-state index in [4.69, 9.17) is 15.2 Å². The first-order valence-electron chi connectivity index (χ1n) is 7.07. The molecule has 5 nitrogen and oxygen atoms in total. The minimum atomic E-state index is -0.246. The van der Waals surface area contributed by atoms with E-state index in [-0.39, 0.29) is 11.8 Å². The number of aryl methyl sites for hydroxylation is 1. The number of aliphatic imine (C=N–C) groups is 1. The van der Waals surface area contributed by atoms with Gasteiger partial charge in [0.05, 0.1) is 20.8 Å². The van der Waals surface area contributed by atoms with Crippen LogP contribution in [0.5, 0.6) is 11.5 Å². The highest BCUT2D eigenvalue weighted by molar-refractivity contribution is 5.92. The monoisotopic (exact) mass is 317 g/mol. The Kier molecular flexibility index (Phi) is 5.41. The van der Waals surface area contributed by atoms with Crippen molar-refractivity contribution in [2.45, 2.75) is 13.5 Å². The lowest BCUT2D eigenvalue weighted by molar-refractivity contribution is 0.355. The van der Waals surface area contributed by atoms with Crippen LogP contribution in [-0.4, -0.2) is 20.2 Å². The van der Waals surface area contributed by atoms with Crippen molar-refractivity contribution in [1.82, 2.24) is 0 Å². The van der Waals surface area contributed by atoms with Crippen LogP contribution in [0.15, 0.2) is 41.4 Å². The molecule has 0 spiro atoms. The molecule has 0 aliphatic carbocycles. The molecule has 3 N–H and O–H groups in total. The predicted molar refractivity (Wildman–Crippen MR) is 89.6 cm³/mol. The van der Waals surface area contributed by atoms with E-state index in [2.05, 4.69) is 10.3 Å². The van der Waals surface area contributed by atoms with Crippen LogP contribution in [0.3, 0.4) is 0 Å². The lowest BCUT2D eigenvalue weighted by Crippen LogP contribution is -2.22. The molecule has 2 aromatic carbocycles. The smallest absolute Gasteiger partial charge is 0.193 e. The van der Waals surface area contributed by atoms with E-state index in [1.807, 2.05) is 6.07 Å². The Bertz CT molecular complexity index is 717. The summed E-state index contributed by atoms with van der Waals surface area (Å²) in [5.74, 6) is 1.21. The van der Waals surface area contributed by atoms with Gasteiger partial charge in [-0.05, 0) is 36.2 Å². The molecule has 0 aromatic heterocycles. The summed E-state index contributed by atoms with van der Waals surface area (Å²) in [7, 11) is 3.13. The molecule has 0 fully saturated rings. The number of hydrogen-bond acceptors (Lipinski definition) is 3. The number of hydrogen-bond donors (Lipinski definition) is 2. The second-order valence-corrected chi connectivity index (χ2v) is 4.98. The molecule has 2 rings (SSSR count). The van der Waals surface area contributed by atoms with Gasteiger partial charge in [0.15, 0.2) is 17.5 Å². The molecule has 0 aliphatic heterocycles. The van der Waals surface area contributed by atoms with Crippen LogP contribution in [0, 0.1) is 12.7 Å². The van der Waals surface area contributed by atoms with Crippen molar-refractivity contribution < 1.29 is 13.9 Å². The van der Waals surface area contributed by atoms with E-state index in [0.29, 0.717) is 23.6 Å². The molecule has 0 atom stereocenters. The van der Waals surface area contributed by atoms with Crippen LogP contribution in [0.2, 0.25) is 0 Å². The summed E-state index contributed by atoms with van der Waals surface area (Å²) in [5.41, 5.74) is 7.94. The van der Waals surface area contributed by atoms with Crippen molar-refractivity contribution in [1.29, 1.82) is 0 Å². The third-order valence-corrected chi connectivity index (χ3v) is 3.32. The number of halogens is 1. The lowest BCUT2D eigenvalue weighted by Gasteiger charge is -2.11. The summed E-state index contributed by atoms with van der Waals surface area (Å²) < 4.78 is 23.9. The zero-order chi connectivity index (χ0) is 16.8. The Labute approximate surface area is 134 Å². The van der Waals surface area contributed by atoms with Crippen molar-refractivity contribution in [3.63, 3.8) is 0 Å². The number of methoxy groups -OCH3 is 2. The van der Waals surface area contributed by atoms with Gasteiger partial charge in [0, 0.05) is 11.8 Å². The Morgan fingerprint density at radius 1 is 1.13 bits per heavy atom. The Hall–Kier alpha value is -2.76. The van der Waals surface area contributed by atoms with E-state index in [9.17, 15) is 4.39 Å². The van der Waals surface area contributed by atoms with Crippen LogP contribution < -0.4 is 20.5 Å². The normalized spacial score (nSPS) is 11.2. The van der Waals surface area contributed by atoms with E-state index in [1.54, 1.807) is 45.4 Å². The number of guanidine groups is 1. The van der Waals surface area contributed by atoms with Gasteiger partial charge in [0.1, 0.15) is 5.82 Å². The number of benzene rings is 2. The SMILES string of the molecule is COc1ccc(NC(N)=NCc2ccc(C)c(F)c2)cc1OC. The fourth-order valence-electron chi connectivity index (χ4n) is 2.01. The second-order valence-electron chi connectivity index (χ2n) is 4.98. The summed E-state index contributed by atoms with van der Waals surface area (Å²) in [6.45, 7) is 2.01. The van der Waals surface area contributed by atoms with Crippen LogP contribution in [0.1, 0.15) is 11.1 Å². The van der Waals surface area contributed by atoms with E-state index < -0.39 is 0 Å². The number of ether oxygens (including phenoxy) is 2. The summed E-state index contributed by atoms with van der Waals surface area (Å²) in [6.07, 6.45) is 0. The van der Waals surface area contributed by atoms with Gasteiger partial charge in [-0.25, -0.2) is 9.38 Å². The van der Waals surface area contributed by atoms with Gasteiger partial charge in [-0.3, -0.25) is 0 Å². The highest BCUT2D eigenvalue weighted by Gasteiger charge is 2.05. The standard InChI is InChI=1S/C17H20FN3O2/c1-11-4-5-12(8-14(11)18)10-20-17(19)21-13-6-7-15(22-2)16(9-13)23-3/h4-9H,10H2,1-3H3,(H3,19,20,21). The summed E-state index contributed by atoms with van der Waals surface area (Å²) in [5, 5.41) is 2.96. The van der Waals surface area contributed by atoms with Crippen molar-refractivity contribution in [3.05, 3.63) is 53.3 Å². The first-order valence-corrected chi connectivity index (χ1v) is 7.07. The van der Waals surface area contributed by atoms with Crippen molar-refractivity contribution in [3.8, 4) is 11.5 Å². The third-order valence-electron chi connectivity index (χ3n) is 3.32. The Morgan fingerprint density at radius 2 is 1.87 bits per heavy atom. The zero-order valence-corrected chi connectivity index (χ0v) is 13.4. The maximum atomic E-state index is 13.5. The molecule has 0 heterocycles. The highest BCUT2D eigenvalue weighted by atomic mass is 19.1. The molecule has 0 radical (unpaired) electrons. The van der Waals surface area contributed by atoms with Gasteiger partial charge in [-0.2, -0.15) is 0 Å². The van der Waals surface area contributed by atoms with Gasteiger partial charge in [-0.1, -0.05) is 12.1 Å². The van der Waals surface area contributed by atoms with Crippen LogP contribution >= 0.6 is 0 Å². The Morgan fingerprint density at radius 3 is 2.52 bits per heavy atom. The molecule has 0 unspecified atom stereocenters. The molecule has 0 bridgehead atoms. The number of anilines is 1. The number of rotatable bonds is 5. The van der Waals surface area contributed by atoms with Crippen molar-refractivity contribution in [2.75, 3.05) is 19.5 Å². The fraction of sp³-hybridized carbons (Fsp3) is 0.235. The minimum absolute atomic E-state index is 0.234. The predicted octanol–water partition coefficient (Wildman–Crippen LogP) is 3.08. The van der Waals surface area contributed by atoms with Gasteiger partial charge in [-0.15, -0.1) is 0 Å². The first-order chi connectivity index (χ1) is 11.0.